The molecule has 0 aromatic heterocycles. The van der Waals surface area contributed by atoms with E-state index in [0.29, 0.717) is 12.1 Å². The summed E-state index contributed by atoms with van der Waals surface area (Å²) in [5.41, 5.74) is 0. The number of hydrogen-bond acceptors (Lipinski definition) is 3. The predicted molar refractivity (Wildman–Crippen MR) is 88.6 cm³/mol. The Labute approximate surface area is 143 Å². The van der Waals surface area contributed by atoms with Gasteiger partial charge < -0.3 is 15.0 Å². The standard InChI is InChI=1S/C15H29N2O.C2H2O4/c1-2-18-15(16-13-9-5-3-6-10-13)17-14-11-7-4-8-12-14;3-1(4)2(5)6/h13-14,16-17H,2-12H2,1H3;(H,3,4)(H,5,6)/q+1;/p-1. The van der Waals surface area contributed by atoms with E-state index in [1.165, 1.54) is 64.2 Å². The maximum absolute atomic E-state index is 9.04. The molecule has 2 amide bonds. The maximum atomic E-state index is 9.04. The summed E-state index contributed by atoms with van der Waals surface area (Å²) < 4.78 is 5.74. The van der Waals surface area contributed by atoms with Crippen molar-refractivity contribution in [2.75, 3.05) is 6.61 Å². The van der Waals surface area contributed by atoms with Crippen LogP contribution in [0.5, 0.6) is 0 Å². The Balaban J connectivity index is 0.000000413. The Kier molecular flexibility index (Phi) is 9.88. The quantitative estimate of drug-likeness (QED) is 0.530. The van der Waals surface area contributed by atoms with Gasteiger partial charge in [0.05, 0.1) is 0 Å². The van der Waals surface area contributed by atoms with Crippen LogP contribution in [0, 0.1) is 0 Å². The molecule has 0 spiro atoms. The molecule has 0 aliphatic heterocycles. The smallest absolute Gasteiger partial charge is 0.500 e. The van der Waals surface area contributed by atoms with Crippen LogP contribution in [0.3, 0.4) is 0 Å². The molecule has 0 aromatic rings. The SMILES string of the molecule is CC[O+]=C(NC1CCCCC1)NC1CCCCC1.O=C([O-])C(=O)O. The first-order valence-electron chi connectivity index (χ1n) is 9.00. The number of amides is 2. The predicted octanol–water partition coefficient (Wildman–Crippen LogP) is 1.33. The molecule has 2 fully saturated rings. The Bertz CT molecular complexity index is 379. The van der Waals surface area contributed by atoms with Gasteiger partial charge >= 0.3 is 12.0 Å². The Morgan fingerprint density at radius 1 is 0.958 bits per heavy atom. The second-order valence-electron chi connectivity index (χ2n) is 6.31. The van der Waals surface area contributed by atoms with Crippen LogP contribution in [-0.4, -0.2) is 41.8 Å². The molecule has 3 N–H and O–H groups in total. The van der Waals surface area contributed by atoms with Gasteiger partial charge in [-0.25, -0.2) is 9.22 Å². The van der Waals surface area contributed by atoms with Gasteiger partial charge in [0.25, 0.3) is 6.61 Å². The molecule has 0 heterocycles. The van der Waals surface area contributed by atoms with E-state index >= 15 is 0 Å². The molecule has 0 radical (unpaired) electrons. The van der Waals surface area contributed by atoms with E-state index in [0.717, 1.165) is 12.6 Å². The highest BCUT2D eigenvalue weighted by Crippen LogP contribution is 2.19. The van der Waals surface area contributed by atoms with Crippen molar-refractivity contribution in [2.24, 2.45) is 0 Å². The van der Waals surface area contributed by atoms with E-state index in [1.807, 2.05) is 0 Å². The van der Waals surface area contributed by atoms with Gasteiger partial charge in [-0.2, -0.15) is 0 Å². The van der Waals surface area contributed by atoms with Crippen LogP contribution < -0.4 is 15.7 Å². The number of urea groups is 1. The average molecular weight is 342 g/mol. The number of aliphatic carboxylic acids is 2. The summed E-state index contributed by atoms with van der Waals surface area (Å²) >= 11 is 0. The van der Waals surface area contributed by atoms with Gasteiger partial charge in [-0.05, 0) is 25.7 Å². The zero-order valence-electron chi connectivity index (χ0n) is 14.5. The number of carboxylic acid groups (broad SMARTS) is 2. The normalized spacial score (nSPS) is 18.7. The summed E-state index contributed by atoms with van der Waals surface area (Å²) in [6.45, 7) is 2.81. The van der Waals surface area contributed by atoms with Gasteiger partial charge in [-0.3, -0.25) is 10.6 Å². The van der Waals surface area contributed by atoms with E-state index in [4.69, 9.17) is 24.2 Å². The first-order valence-corrected chi connectivity index (χ1v) is 9.00. The fourth-order valence-corrected chi connectivity index (χ4v) is 3.13. The van der Waals surface area contributed by atoms with Crippen molar-refractivity contribution in [1.29, 1.82) is 0 Å². The first kappa shape index (κ1) is 20.3. The molecule has 2 rings (SSSR count). The number of carbonyl (C=O) groups is 2. The number of hydrogen-bond donors (Lipinski definition) is 3. The fourth-order valence-electron chi connectivity index (χ4n) is 3.13. The van der Waals surface area contributed by atoms with Gasteiger partial charge in [0.15, 0.2) is 5.97 Å². The summed E-state index contributed by atoms with van der Waals surface area (Å²) in [5, 5.41) is 23.5. The second-order valence-corrected chi connectivity index (χ2v) is 6.31. The Morgan fingerprint density at radius 3 is 1.62 bits per heavy atom. The third-order valence-electron chi connectivity index (χ3n) is 4.34. The van der Waals surface area contributed by atoms with Crippen LogP contribution >= 0.6 is 0 Å². The molecule has 7 heteroatoms. The van der Waals surface area contributed by atoms with Gasteiger partial charge in [0, 0.05) is 19.0 Å². The zero-order chi connectivity index (χ0) is 17.8. The van der Waals surface area contributed by atoms with Crippen molar-refractivity contribution in [3.8, 4) is 0 Å². The highest BCUT2D eigenvalue weighted by atomic mass is 16.4. The van der Waals surface area contributed by atoms with Gasteiger partial charge in [-0.1, -0.05) is 38.5 Å². The van der Waals surface area contributed by atoms with Crippen LogP contribution in [-0.2, 0) is 9.59 Å². The Morgan fingerprint density at radius 2 is 1.33 bits per heavy atom. The van der Waals surface area contributed by atoms with Crippen LogP contribution in [0.1, 0.15) is 71.1 Å². The lowest BCUT2D eigenvalue weighted by atomic mass is 9.95. The molecule has 138 valence electrons. The Hall–Kier alpha value is -1.79. The summed E-state index contributed by atoms with van der Waals surface area (Å²) in [6, 6.07) is 2.18. The van der Waals surface area contributed by atoms with E-state index in [2.05, 4.69) is 17.6 Å². The number of rotatable bonds is 3. The summed E-state index contributed by atoms with van der Waals surface area (Å²) in [5.74, 6) is -4.01. The third-order valence-corrected chi connectivity index (χ3v) is 4.34. The third kappa shape index (κ3) is 8.74. The van der Waals surface area contributed by atoms with E-state index in [9.17, 15) is 0 Å². The molecule has 0 aromatic carbocycles. The number of carboxylic acids is 2. The summed E-state index contributed by atoms with van der Waals surface area (Å²) in [4.78, 5) is 18.0. The largest absolute Gasteiger partial charge is 0.539 e. The molecular formula is C17H30N2O5. The molecule has 24 heavy (non-hydrogen) atoms. The highest BCUT2D eigenvalue weighted by Gasteiger charge is 2.24. The van der Waals surface area contributed by atoms with Crippen molar-refractivity contribution in [2.45, 2.75) is 83.2 Å². The van der Waals surface area contributed by atoms with Crippen molar-refractivity contribution in [3.63, 3.8) is 0 Å². The molecular weight excluding hydrogens is 312 g/mol. The molecule has 0 unspecified atom stereocenters. The summed E-state index contributed by atoms with van der Waals surface area (Å²) in [6.07, 6.45) is 13.4. The number of nitrogens with one attached hydrogen (secondary N) is 2. The van der Waals surface area contributed by atoms with Crippen molar-refractivity contribution >= 4 is 18.0 Å². The van der Waals surface area contributed by atoms with E-state index < -0.39 is 11.9 Å². The lowest BCUT2D eigenvalue weighted by molar-refractivity contribution is -0.303. The van der Waals surface area contributed by atoms with Crippen LogP contribution in [0.25, 0.3) is 0 Å². The summed E-state index contributed by atoms with van der Waals surface area (Å²) in [7, 11) is 0. The topological polar surface area (TPSA) is 113 Å². The van der Waals surface area contributed by atoms with Gasteiger partial charge in [0.2, 0.25) is 0 Å². The van der Waals surface area contributed by atoms with E-state index in [1.54, 1.807) is 0 Å². The minimum Gasteiger partial charge on any atom is -0.539 e. The molecule has 2 aliphatic rings. The monoisotopic (exact) mass is 342 g/mol. The fraction of sp³-hybridized carbons (Fsp3) is 0.824. The van der Waals surface area contributed by atoms with Crippen molar-refractivity contribution < 1.29 is 24.2 Å². The molecule has 2 aliphatic carbocycles. The number of carbonyl (C=O) groups excluding carboxylic acids is 2. The molecule has 0 bridgehead atoms. The highest BCUT2D eigenvalue weighted by molar-refractivity contribution is 6.26. The first-order chi connectivity index (χ1) is 11.5. The van der Waals surface area contributed by atoms with E-state index in [-0.39, 0.29) is 0 Å². The van der Waals surface area contributed by atoms with Gasteiger partial charge in [-0.15, -0.1) is 0 Å². The zero-order valence-corrected chi connectivity index (χ0v) is 14.5. The lowest BCUT2D eigenvalue weighted by Gasteiger charge is -2.24. The average Bonchev–Trinajstić information content (AvgIpc) is 2.57. The minimum atomic E-state index is -2.07. The van der Waals surface area contributed by atoms with Gasteiger partial charge in [0.1, 0.15) is 0 Å². The van der Waals surface area contributed by atoms with Crippen molar-refractivity contribution in [3.05, 3.63) is 0 Å². The minimum absolute atomic E-state index is 0.622. The lowest BCUT2D eigenvalue weighted by Crippen LogP contribution is -2.48. The van der Waals surface area contributed by atoms with Crippen LogP contribution in [0.2, 0.25) is 0 Å². The van der Waals surface area contributed by atoms with Crippen LogP contribution in [0.4, 0.5) is 4.42 Å². The molecule has 2 saturated carbocycles. The molecule has 7 nitrogen and oxygen atoms in total. The van der Waals surface area contributed by atoms with Crippen molar-refractivity contribution in [1.82, 2.24) is 10.6 Å². The molecule has 0 saturated heterocycles. The second kappa shape index (κ2) is 11.7. The molecule has 0 atom stereocenters. The van der Waals surface area contributed by atoms with Crippen LogP contribution in [0.15, 0.2) is 0 Å². The maximum Gasteiger partial charge on any atom is 0.500 e.